The molecular formula is C27H17ClO. The lowest BCUT2D eigenvalue weighted by Gasteiger charge is -2.11. The van der Waals surface area contributed by atoms with Crippen molar-refractivity contribution in [3.05, 3.63) is 89.7 Å². The molecular weight excluding hydrogens is 376 g/mol. The zero-order valence-electron chi connectivity index (χ0n) is 15.7. The van der Waals surface area contributed by atoms with Crippen LogP contribution in [0.2, 0.25) is 5.02 Å². The Balaban J connectivity index is 1.62. The fraction of sp³-hybridized carbons (Fsp3) is 0.111. The van der Waals surface area contributed by atoms with E-state index in [2.05, 4.69) is 66.7 Å². The standard InChI is InChI=1S/C27H17ClO/c28-24-13-19-17-8-4-5-9-18(17)25-22(16-6-2-1-3-7-16)15-29-26(25)20(19)12-21(24)23-14-27(23)10-11-27/h1-9,12-15H,10-11H2. The molecule has 5 aromatic rings. The SMILES string of the molecule is Clc1cc2c3ccccc3c3c(-c4ccccc4)coc3c2cc1C1=CC12CC2. The first-order valence-corrected chi connectivity index (χ1v) is 10.5. The van der Waals surface area contributed by atoms with Crippen molar-refractivity contribution >= 4 is 49.7 Å². The van der Waals surface area contributed by atoms with Crippen LogP contribution in [0.4, 0.5) is 0 Å². The quantitative estimate of drug-likeness (QED) is 0.276. The van der Waals surface area contributed by atoms with E-state index in [0.717, 1.165) is 26.9 Å². The third-order valence-corrected chi connectivity index (χ3v) is 6.98. The van der Waals surface area contributed by atoms with Crippen molar-refractivity contribution in [1.82, 2.24) is 0 Å². The van der Waals surface area contributed by atoms with E-state index in [-0.39, 0.29) is 0 Å². The van der Waals surface area contributed by atoms with E-state index >= 15 is 0 Å². The van der Waals surface area contributed by atoms with Crippen molar-refractivity contribution in [3.63, 3.8) is 0 Å². The van der Waals surface area contributed by atoms with Crippen molar-refractivity contribution in [3.8, 4) is 11.1 Å². The van der Waals surface area contributed by atoms with E-state index in [9.17, 15) is 0 Å². The fourth-order valence-electron chi connectivity index (χ4n) is 4.91. The number of fused-ring (bicyclic) bond motifs is 6. The second-order valence-corrected chi connectivity index (χ2v) is 8.76. The van der Waals surface area contributed by atoms with Gasteiger partial charge in [0, 0.05) is 26.8 Å². The van der Waals surface area contributed by atoms with Crippen LogP contribution in [0.25, 0.3) is 49.2 Å². The highest BCUT2D eigenvalue weighted by molar-refractivity contribution is 6.36. The van der Waals surface area contributed by atoms with Crippen molar-refractivity contribution < 1.29 is 4.42 Å². The van der Waals surface area contributed by atoms with Gasteiger partial charge in [0.1, 0.15) is 5.58 Å². The highest BCUT2D eigenvalue weighted by atomic mass is 35.5. The number of furan rings is 1. The normalized spacial score (nSPS) is 16.7. The van der Waals surface area contributed by atoms with E-state index < -0.39 is 0 Å². The highest BCUT2D eigenvalue weighted by Gasteiger charge is 2.55. The maximum Gasteiger partial charge on any atom is 0.142 e. The largest absolute Gasteiger partial charge is 0.463 e. The van der Waals surface area contributed by atoms with Gasteiger partial charge in [-0.3, -0.25) is 0 Å². The summed E-state index contributed by atoms with van der Waals surface area (Å²) in [4.78, 5) is 0. The summed E-state index contributed by atoms with van der Waals surface area (Å²) in [7, 11) is 0. The molecule has 1 heterocycles. The minimum Gasteiger partial charge on any atom is -0.463 e. The van der Waals surface area contributed by atoms with Crippen molar-refractivity contribution in [1.29, 1.82) is 0 Å². The maximum atomic E-state index is 6.77. The molecule has 1 nitrogen and oxygen atoms in total. The fourth-order valence-corrected chi connectivity index (χ4v) is 5.18. The third kappa shape index (κ3) is 2.11. The van der Waals surface area contributed by atoms with E-state index in [1.165, 1.54) is 45.7 Å². The number of rotatable bonds is 2. The Hall–Kier alpha value is -3.03. The van der Waals surface area contributed by atoms with E-state index in [1.807, 2.05) is 12.3 Å². The van der Waals surface area contributed by atoms with Gasteiger partial charge < -0.3 is 4.42 Å². The minimum atomic E-state index is 0.367. The summed E-state index contributed by atoms with van der Waals surface area (Å²) in [5.74, 6) is 0. The third-order valence-electron chi connectivity index (χ3n) is 6.67. The van der Waals surface area contributed by atoms with Crippen LogP contribution in [0.5, 0.6) is 0 Å². The Morgan fingerprint density at radius 3 is 2.28 bits per heavy atom. The van der Waals surface area contributed by atoms with Crippen LogP contribution in [0.15, 0.2) is 83.5 Å². The molecule has 1 spiro atoms. The predicted molar refractivity (Wildman–Crippen MR) is 121 cm³/mol. The summed E-state index contributed by atoms with van der Waals surface area (Å²) in [6.07, 6.45) is 6.82. The Labute approximate surface area is 173 Å². The molecule has 2 heteroatoms. The molecule has 1 saturated carbocycles. The molecule has 138 valence electrons. The molecule has 2 aliphatic carbocycles. The average Bonchev–Trinajstić information content (AvgIpc) is 3.65. The molecule has 1 fully saturated rings. The number of benzene rings is 4. The molecule has 0 unspecified atom stereocenters. The molecule has 0 aliphatic heterocycles. The first kappa shape index (κ1) is 15.8. The highest BCUT2D eigenvalue weighted by Crippen LogP contribution is 2.69. The lowest BCUT2D eigenvalue weighted by atomic mass is 9.93. The van der Waals surface area contributed by atoms with Crippen molar-refractivity contribution in [2.24, 2.45) is 5.41 Å². The van der Waals surface area contributed by atoms with Gasteiger partial charge in [-0.05, 0) is 57.8 Å². The smallest absolute Gasteiger partial charge is 0.142 e. The summed E-state index contributed by atoms with van der Waals surface area (Å²) >= 11 is 6.77. The predicted octanol–water partition coefficient (Wildman–Crippen LogP) is 8.24. The summed E-state index contributed by atoms with van der Waals surface area (Å²) in [5.41, 5.74) is 6.21. The van der Waals surface area contributed by atoms with E-state index in [1.54, 1.807) is 0 Å². The van der Waals surface area contributed by atoms with Gasteiger partial charge in [-0.2, -0.15) is 0 Å². The molecule has 0 amide bonds. The van der Waals surface area contributed by atoms with Gasteiger partial charge in [0.15, 0.2) is 0 Å². The molecule has 4 aromatic carbocycles. The van der Waals surface area contributed by atoms with Gasteiger partial charge in [-0.25, -0.2) is 0 Å². The molecule has 0 saturated heterocycles. The van der Waals surface area contributed by atoms with Gasteiger partial charge >= 0.3 is 0 Å². The first-order chi connectivity index (χ1) is 14.3. The average molecular weight is 393 g/mol. The summed E-state index contributed by atoms with van der Waals surface area (Å²) in [5, 5.41) is 6.74. The van der Waals surface area contributed by atoms with Crippen LogP contribution < -0.4 is 0 Å². The van der Waals surface area contributed by atoms with Gasteiger partial charge in [0.05, 0.1) is 6.26 Å². The van der Waals surface area contributed by atoms with Gasteiger partial charge in [0.2, 0.25) is 0 Å². The minimum absolute atomic E-state index is 0.367. The van der Waals surface area contributed by atoms with Crippen molar-refractivity contribution in [2.45, 2.75) is 12.8 Å². The Morgan fingerprint density at radius 1 is 0.759 bits per heavy atom. The van der Waals surface area contributed by atoms with Gasteiger partial charge in [-0.15, -0.1) is 0 Å². The van der Waals surface area contributed by atoms with Crippen molar-refractivity contribution in [2.75, 3.05) is 0 Å². The lowest BCUT2D eigenvalue weighted by Crippen LogP contribution is -1.87. The number of hydrogen-bond acceptors (Lipinski definition) is 1. The van der Waals surface area contributed by atoms with Crippen LogP contribution in [-0.2, 0) is 0 Å². The Morgan fingerprint density at radius 2 is 1.52 bits per heavy atom. The summed E-state index contributed by atoms with van der Waals surface area (Å²) < 4.78 is 6.22. The Bertz CT molecular complexity index is 1500. The molecule has 2 aliphatic rings. The van der Waals surface area contributed by atoms with E-state index in [4.69, 9.17) is 16.0 Å². The Kier molecular flexibility index (Phi) is 2.90. The van der Waals surface area contributed by atoms with Gasteiger partial charge in [0.25, 0.3) is 0 Å². The topological polar surface area (TPSA) is 13.1 Å². The molecule has 29 heavy (non-hydrogen) atoms. The van der Waals surface area contributed by atoms with Crippen LogP contribution in [0, 0.1) is 5.41 Å². The monoisotopic (exact) mass is 392 g/mol. The number of hydrogen-bond donors (Lipinski definition) is 0. The second-order valence-electron chi connectivity index (χ2n) is 8.36. The molecule has 7 rings (SSSR count). The zero-order valence-corrected chi connectivity index (χ0v) is 16.5. The van der Waals surface area contributed by atoms with Gasteiger partial charge in [-0.1, -0.05) is 72.3 Å². The van der Waals surface area contributed by atoms with Crippen LogP contribution in [-0.4, -0.2) is 0 Å². The van der Waals surface area contributed by atoms with E-state index in [0.29, 0.717) is 5.41 Å². The van der Waals surface area contributed by atoms with Crippen LogP contribution in [0.3, 0.4) is 0 Å². The lowest BCUT2D eigenvalue weighted by molar-refractivity contribution is 0.620. The van der Waals surface area contributed by atoms with Crippen LogP contribution >= 0.6 is 11.6 Å². The molecule has 0 bridgehead atoms. The number of halogens is 1. The molecule has 0 radical (unpaired) electrons. The van der Waals surface area contributed by atoms with Crippen LogP contribution in [0.1, 0.15) is 18.4 Å². The number of allylic oxidation sites excluding steroid dienone is 2. The molecule has 0 N–H and O–H groups in total. The molecule has 0 atom stereocenters. The summed E-state index contributed by atoms with van der Waals surface area (Å²) in [6.45, 7) is 0. The first-order valence-electron chi connectivity index (χ1n) is 10.1. The zero-order chi connectivity index (χ0) is 19.2. The molecule has 1 aromatic heterocycles. The second kappa shape index (κ2) is 5.31. The summed E-state index contributed by atoms with van der Waals surface area (Å²) in [6, 6.07) is 23.4. The maximum absolute atomic E-state index is 6.77.